The highest BCUT2D eigenvalue weighted by Gasteiger charge is 2.32. The number of aliphatic carboxylic acids is 1. The minimum Gasteiger partial charge on any atom is -0.481 e. The van der Waals surface area contributed by atoms with Crippen molar-refractivity contribution >= 4 is 70.1 Å². The topological polar surface area (TPSA) is 116 Å². The fraction of sp³-hybridized carbons (Fsp3) is 0.290. The Morgan fingerprint density at radius 3 is 2.49 bits per heavy atom. The van der Waals surface area contributed by atoms with Crippen LogP contribution >= 0.6 is 46.4 Å². The summed E-state index contributed by atoms with van der Waals surface area (Å²) < 4.78 is 0. The summed E-state index contributed by atoms with van der Waals surface area (Å²) in [6, 6.07) is 13.7. The zero-order valence-corrected chi connectivity index (χ0v) is 25.8. The van der Waals surface area contributed by atoms with Crippen molar-refractivity contribution in [1.82, 2.24) is 15.5 Å². The fourth-order valence-electron chi connectivity index (χ4n) is 5.58. The van der Waals surface area contributed by atoms with Gasteiger partial charge in [0.05, 0.1) is 37.6 Å². The van der Waals surface area contributed by atoms with Crippen molar-refractivity contribution < 1.29 is 24.3 Å². The number of hydrogen-bond acceptors (Lipinski definition) is 4. The van der Waals surface area contributed by atoms with Gasteiger partial charge >= 0.3 is 12.0 Å². The molecule has 1 aliphatic heterocycles. The molecule has 12 heteroatoms. The number of benzene rings is 3. The van der Waals surface area contributed by atoms with Crippen LogP contribution in [0.4, 0.5) is 4.79 Å². The van der Waals surface area contributed by atoms with Crippen LogP contribution in [0.1, 0.15) is 61.9 Å². The highest BCUT2D eigenvalue weighted by atomic mass is 35.5. The number of aryl methyl sites for hydroxylation is 1. The number of carbonyl (C=O) groups is 4. The molecule has 0 unspecified atom stereocenters. The van der Waals surface area contributed by atoms with Crippen molar-refractivity contribution in [3.05, 3.63) is 102 Å². The molecule has 0 spiro atoms. The first kappa shape index (κ1) is 31.1. The molecule has 0 radical (unpaired) electrons. The standard InChI is InChI=1S/C31H27Cl4N3O5/c32-22-7-5-16(11-23(22)33)15-38-10-9-20-21(29(38)40)13-24(34)27(28(20)35)26(39)12-18(30(41)42)14-36-31(43)37-25-8-6-17-3-1-2-4-19(17)25/h1-5,7,11,13,18,25H,6,8-10,12,14-15H2,(H,41,42)(H2,36,37,43)/t18-,25+/m0/s1. The first-order chi connectivity index (χ1) is 20.5. The number of rotatable bonds is 9. The Labute approximate surface area is 268 Å². The molecule has 3 N–H and O–H groups in total. The Bertz CT molecular complexity index is 1630. The molecule has 8 nitrogen and oxygen atoms in total. The lowest BCUT2D eigenvalue weighted by molar-refractivity contribution is -0.141. The molecule has 3 aromatic rings. The van der Waals surface area contributed by atoms with E-state index in [0.29, 0.717) is 35.1 Å². The van der Waals surface area contributed by atoms with Crippen molar-refractivity contribution in [3.63, 3.8) is 0 Å². The molecule has 3 amide bonds. The minimum atomic E-state index is -1.25. The van der Waals surface area contributed by atoms with Crippen LogP contribution in [0.3, 0.4) is 0 Å². The van der Waals surface area contributed by atoms with E-state index < -0.39 is 30.1 Å². The molecule has 0 saturated heterocycles. The minimum absolute atomic E-state index is 0.0322. The lowest BCUT2D eigenvalue weighted by Gasteiger charge is -2.30. The maximum Gasteiger partial charge on any atom is 0.315 e. The second kappa shape index (κ2) is 13.1. The quantitative estimate of drug-likeness (QED) is 0.219. The van der Waals surface area contributed by atoms with E-state index >= 15 is 0 Å². The van der Waals surface area contributed by atoms with Crippen molar-refractivity contribution in [2.75, 3.05) is 13.1 Å². The number of fused-ring (bicyclic) bond motifs is 2. The van der Waals surface area contributed by atoms with Gasteiger partial charge in [-0.2, -0.15) is 0 Å². The number of carbonyl (C=O) groups excluding carboxylic acids is 3. The van der Waals surface area contributed by atoms with Gasteiger partial charge in [0, 0.05) is 31.6 Å². The molecule has 1 heterocycles. The van der Waals surface area contributed by atoms with Gasteiger partial charge in [0.25, 0.3) is 5.91 Å². The second-order valence-corrected chi connectivity index (χ2v) is 12.2. The molecule has 224 valence electrons. The van der Waals surface area contributed by atoms with E-state index in [4.69, 9.17) is 46.4 Å². The fourth-order valence-corrected chi connectivity index (χ4v) is 6.67. The first-order valence-electron chi connectivity index (χ1n) is 13.7. The van der Waals surface area contributed by atoms with Crippen LogP contribution in [-0.2, 0) is 24.2 Å². The molecule has 0 saturated carbocycles. The van der Waals surface area contributed by atoms with E-state index in [1.54, 1.807) is 23.1 Å². The summed E-state index contributed by atoms with van der Waals surface area (Å²) in [6.07, 6.45) is 1.51. The second-order valence-electron chi connectivity index (χ2n) is 10.6. The Morgan fingerprint density at radius 2 is 1.74 bits per heavy atom. The predicted molar refractivity (Wildman–Crippen MR) is 165 cm³/mol. The zero-order valence-electron chi connectivity index (χ0n) is 22.8. The Hall–Kier alpha value is -3.30. The van der Waals surface area contributed by atoms with E-state index in [0.717, 1.165) is 24.0 Å². The maximum absolute atomic E-state index is 13.3. The van der Waals surface area contributed by atoms with Gasteiger partial charge in [0.1, 0.15) is 0 Å². The van der Waals surface area contributed by atoms with Gasteiger partial charge in [0.2, 0.25) is 0 Å². The maximum atomic E-state index is 13.3. The van der Waals surface area contributed by atoms with Crippen LogP contribution in [-0.4, -0.2) is 46.8 Å². The van der Waals surface area contributed by atoms with E-state index in [9.17, 15) is 24.3 Å². The number of urea groups is 1. The first-order valence-corrected chi connectivity index (χ1v) is 15.2. The van der Waals surface area contributed by atoms with Crippen molar-refractivity contribution in [1.29, 1.82) is 0 Å². The average molecular weight is 663 g/mol. The third kappa shape index (κ3) is 6.78. The number of carboxylic acid groups (broad SMARTS) is 1. The molecule has 0 bridgehead atoms. The Morgan fingerprint density at radius 1 is 0.977 bits per heavy atom. The summed E-state index contributed by atoms with van der Waals surface area (Å²) in [5, 5.41) is 16.0. The van der Waals surface area contributed by atoms with Crippen molar-refractivity contribution in [3.8, 4) is 0 Å². The molecule has 43 heavy (non-hydrogen) atoms. The van der Waals surface area contributed by atoms with Gasteiger partial charge < -0.3 is 20.6 Å². The summed E-state index contributed by atoms with van der Waals surface area (Å²) >= 11 is 25.2. The molecular formula is C31H27Cl4N3O5. The summed E-state index contributed by atoms with van der Waals surface area (Å²) in [6.45, 7) is 0.353. The van der Waals surface area contributed by atoms with Crippen LogP contribution in [0.5, 0.6) is 0 Å². The van der Waals surface area contributed by atoms with Crippen LogP contribution < -0.4 is 10.6 Å². The smallest absolute Gasteiger partial charge is 0.315 e. The number of halogens is 4. The van der Waals surface area contributed by atoms with E-state index in [-0.39, 0.29) is 39.7 Å². The average Bonchev–Trinajstić information content (AvgIpc) is 3.37. The molecule has 0 fully saturated rings. The number of carboxylic acids is 1. The number of nitrogens with one attached hydrogen (secondary N) is 2. The van der Waals surface area contributed by atoms with Crippen LogP contribution in [0.2, 0.25) is 20.1 Å². The zero-order chi connectivity index (χ0) is 30.8. The molecular weight excluding hydrogens is 636 g/mol. The van der Waals surface area contributed by atoms with Gasteiger partial charge in [0.15, 0.2) is 5.78 Å². The lowest BCUT2D eigenvalue weighted by atomic mass is 9.92. The normalized spacial score (nSPS) is 16.3. The summed E-state index contributed by atoms with van der Waals surface area (Å²) in [7, 11) is 0. The summed E-state index contributed by atoms with van der Waals surface area (Å²) in [5.74, 6) is -3.37. The van der Waals surface area contributed by atoms with Crippen LogP contribution in [0.15, 0.2) is 48.5 Å². The molecule has 5 rings (SSSR count). The number of ketones is 1. The number of nitrogens with zero attached hydrogens (tertiary/aromatic N) is 1. The number of hydrogen-bond donors (Lipinski definition) is 3. The Balaban J connectivity index is 1.24. The van der Waals surface area contributed by atoms with Crippen molar-refractivity contribution in [2.45, 2.75) is 38.3 Å². The SMILES string of the molecule is O=C(NC[C@H](CC(=O)c1c(Cl)cc2c(c1Cl)CCN(Cc1ccc(Cl)c(Cl)c1)C2=O)C(=O)O)N[C@@H]1CCc2ccccc21. The molecule has 2 atom stereocenters. The van der Waals surface area contributed by atoms with E-state index in [1.165, 1.54) is 11.6 Å². The molecule has 1 aliphatic carbocycles. The van der Waals surface area contributed by atoms with Crippen LogP contribution in [0.25, 0.3) is 0 Å². The van der Waals surface area contributed by atoms with Gasteiger partial charge in [-0.15, -0.1) is 0 Å². The number of Topliss-reactive ketones (excluding diaryl/α,β-unsaturated/α-hetero) is 1. The molecule has 3 aromatic carbocycles. The summed E-state index contributed by atoms with van der Waals surface area (Å²) in [4.78, 5) is 52.8. The monoisotopic (exact) mass is 661 g/mol. The highest BCUT2D eigenvalue weighted by Crippen LogP contribution is 2.36. The summed E-state index contributed by atoms with van der Waals surface area (Å²) in [5.41, 5.74) is 3.72. The van der Waals surface area contributed by atoms with E-state index in [2.05, 4.69) is 10.6 Å². The third-order valence-electron chi connectivity index (χ3n) is 7.83. The van der Waals surface area contributed by atoms with E-state index in [1.807, 2.05) is 24.3 Å². The van der Waals surface area contributed by atoms with Gasteiger partial charge in [-0.05, 0) is 59.7 Å². The largest absolute Gasteiger partial charge is 0.481 e. The van der Waals surface area contributed by atoms with Crippen molar-refractivity contribution in [2.24, 2.45) is 5.92 Å². The number of amides is 3. The molecule has 2 aliphatic rings. The van der Waals surface area contributed by atoms with Gasteiger partial charge in [-0.3, -0.25) is 14.4 Å². The van der Waals surface area contributed by atoms with Crippen LogP contribution in [0, 0.1) is 5.92 Å². The predicted octanol–water partition coefficient (Wildman–Crippen LogP) is 6.76. The third-order valence-corrected chi connectivity index (χ3v) is 9.29. The lowest BCUT2D eigenvalue weighted by Crippen LogP contribution is -2.41. The highest BCUT2D eigenvalue weighted by molar-refractivity contribution is 6.42. The Kier molecular flexibility index (Phi) is 9.51. The van der Waals surface area contributed by atoms with Gasteiger partial charge in [-0.1, -0.05) is 76.7 Å². The molecule has 0 aromatic heterocycles. The van der Waals surface area contributed by atoms with Gasteiger partial charge in [-0.25, -0.2) is 4.79 Å².